The Bertz CT molecular complexity index is 822. The number of carbonyl (C=O) groups excluding carboxylic acids is 2. The lowest BCUT2D eigenvalue weighted by molar-refractivity contribution is 0.0705. The first kappa shape index (κ1) is 12.5. The summed E-state index contributed by atoms with van der Waals surface area (Å²) >= 11 is 0. The first-order valence-corrected chi connectivity index (χ1v) is 6.99. The third kappa shape index (κ3) is 1.52. The summed E-state index contributed by atoms with van der Waals surface area (Å²) in [7, 11) is 0. The molecule has 0 amide bonds. The zero-order valence-electron chi connectivity index (χ0n) is 11.6. The van der Waals surface area contributed by atoms with Crippen molar-refractivity contribution in [3.8, 4) is 0 Å². The average Bonchev–Trinajstić information content (AvgIpc) is 2.88. The summed E-state index contributed by atoms with van der Waals surface area (Å²) in [5, 5.41) is 0. The van der Waals surface area contributed by atoms with Gasteiger partial charge in [0.1, 0.15) is 11.2 Å². The number of benzene rings is 2. The maximum atomic E-state index is 13.4. The number of rotatable bonds is 0. The quantitative estimate of drug-likeness (QED) is 0.694. The van der Waals surface area contributed by atoms with Crippen molar-refractivity contribution in [2.45, 2.75) is 19.8 Å². The number of Topliss-reactive ketones (excluding diaryl/α,β-unsaturated/α-hetero) is 2. The van der Waals surface area contributed by atoms with Crippen LogP contribution < -0.4 is 0 Å². The van der Waals surface area contributed by atoms with Gasteiger partial charge in [0, 0.05) is 11.1 Å². The SMILES string of the molecule is Cc1ccc2c(c1)C(=O)[C@@]1(Cc3cc(F)ccc3C1=O)C2. The minimum absolute atomic E-state index is 0.109. The Labute approximate surface area is 121 Å². The fourth-order valence-electron chi connectivity index (χ4n) is 3.64. The van der Waals surface area contributed by atoms with Gasteiger partial charge in [0.05, 0.1) is 0 Å². The van der Waals surface area contributed by atoms with Gasteiger partial charge in [-0.3, -0.25) is 9.59 Å². The standard InChI is InChI=1S/C18H13FO2/c1-10-2-3-11-8-18(17(21)15(11)6-10)9-12-7-13(19)4-5-14(12)16(18)20/h2-7H,8-9H2,1H3/t18-/m1/s1. The zero-order valence-corrected chi connectivity index (χ0v) is 11.6. The third-order valence-electron chi connectivity index (χ3n) is 4.68. The van der Waals surface area contributed by atoms with Gasteiger partial charge in [-0.2, -0.15) is 0 Å². The van der Waals surface area contributed by atoms with Crippen LogP contribution in [0.4, 0.5) is 4.39 Å². The van der Waals surface area contributed by atoms with E-state index in [0.717, 1.165) is 11.1 Å². The van der Waals surface area contributed by atoms with Crippen LogP contribution in [0.1, 0.15) is 37.4 Å². The van der Waals surface area contributed by atoms with Gasteiger partial charge in [-0.1, -0.05) is 17.7 Å². The van der Waals surface area contributed by atoms with Gasteiger partial charge in [-0.05, 0) is 55.2 Å². The predicted octanol–water partition coefficient (Wildman–Crippen LogP) is 3.30. The van der Waals surface area contributed by atoms with E-state index in [-0.39, 0.29) is 17.4 Å². The highest BCUT2D eigenvalue weighted by Gasteiger charge is 2.55. The van der Waals surface area contributed by atoms with Crippen molar-refractivity contribution in [3.05, 3.63) is 70.0 Å². The molecule has 0 N–H and O–H groups in total. The fourth-order valence-corrected chi connectivity index (χ4v) is 3.64. The van der Waals surface area contributed by atoms with E-state index >= 15 is 0 Å². The van der Waals surface area contributed by atoms with E-state index < -0.39 is 5.41 Å². The Morgan fingerprint density at radius 1 is 0.905 bits per heavy atom. The maximum Gasteiger partial charge on any atom is 0.177 e. The van der Waals surface area contributed by atoms with Crippen molar-refractivity contribution < 1.29 is 14.0 Å². The second-order valence-corrected chi connectivity index (χ2v) is 6.06. The number of hydrogen-bond acceptors (Lipinski definition) is 2. The molecule has 1 atom stereocenters. The zero-order chi connectivity index (χ0) is 14.8. The van der Waals surface area contributed by atoms with Crippen molar-refractivity contribution in [2.24, 2.45) is 5.41 Å². The van der Waals surface area contributed by atoms with E-state index in [1.807, 2.05) is 25.1 Å². The first-order chi connectivity index (χ1) is 10.0. The smallest absolute Gasteiger partial charge is 0.177 e. The molecule has 2 aliphatic rings. The van der Waals surface area contributed by atoms with Gasteiger partial charge in [-0.25, -0.2) is 4.39 Å². The summed E-state index contributed by atoms with van der Waals surface area (Å²) < 4.78 is 13.4. The van der Waals surface area contributed by atoms with Gasteiger partial charge in [0.25, 0.3) is 0 Å². The molecule has 0 aliphatic heterocycles. The highest BCUT2D eigenvalue weighted by molar-refractivity contribution is 6.24. The van der Waals surface area contributed by atoms with Crippen molar-refractivity contribution >= 4 is 11.6 Å². The molecule has 0 saturated carbocycles. The monoisotopic (exact) mass is 280 g/mol. The van der Waals surface area contributed by atoms with Crippen molar-refractivity contribution in [1.29, 1.82) is 0 Å². The summed E-state index contributed by atoms with van der Waals surface area (Å²) in [6, 6.07) is 9.90. The molecule has 0 saturated heterocycles. The maximum absolute atomic E-state index is 13.4. The van der Waals surface area contributed by atoms with Crippen LogP contribution in [0.5, 0.6) is 0 Å². The Hall–Kier alpha value is -2.29. The van der Waals surface area contributed by atoms with E-state index in [1.54, 1.807) is 0 Å². The number of halogens is 1. The molecule has 4 rings (SSSR count). The van der Waals surface area contributed by atoms with Crippen LogP contribution >= 0.6 is 0 Å². The summed E-state index contributed by atoms with van der Waals surface area (Å²) in [4.78, 5) is 25.6. The van der Waals surface area contributed by atoms with Crippen LogP contribution in [0.25, 0.3) is 0 Å². The lowest BCUT2D eigenvalue weighted by Gasteiger charge is -2.18. The molecular weight excluding hydrogens is 267 g/mol. The van der Waals surface area contributed by atoms with E-state index in [2.05, 4.69) is 0 Å². The lowest BCUT2D eigenvalue weighted by atomic mass is 9.80. The van der Waals surface area contributed by atoms with Crippen LogP contribution in [0, 0.1) is 18.2 Å². The molecule has 0 unspecified atom stereocenters. The van der Waals surface area contributed by atoms with Crippen LogP contribution in [-0.4, -0.2) is 11.6 Å². The molecule has 104 valence electrons. The molecule has 2 aromatic carbocycles. The van der Waals surface area contributed by atoms with Gasteiger partial charge in [0.2, 0.25) is 0 Å². The van der Waals surface area contributed by atoms with Gasteiger partial charge < -0.3 is 0 Å². The molecule has 0 heterocycles. The number of aryl methyl sites for hydroxylation is 1. The summed E-state index contributed by atoms with van der Waals surface area (Å²) in [6.45, 7) is 1.93. The average molecular weight is 280 g/mol. The molecule has 0 bridgehead atoms. The molecule has 21 heavy (non-hydrogen) atoms. The van der Waals surface area contributed by atoms with Crippen molar-refractivity contribution in [1.82, 2.24) is 0 Å². The van der Waals surface area contributed by atoms with Crippen LogP contribution in [0.2, 0.25) is 0 Å². The Morgan fingerprint density at radius 3 is 2.43 bits per heavy atom. The molecule has 0 radical (unpaired) electrons. The van der Waals surface area contributed by atoms with Crippen molar-refractivity contribution in [3.63, 3.8) is 0 Å². The van der Waals surface area contributed by atoms with E-state index in [4.69, 9.17) is 0 Å². The predicted molar refractivity (Wildman–Crippen MR) is 76.1 cm³/mol. The Balaban J connectivity index is 1.86. The summed E-state index contributed by atoms with van der Waals surface area (Å²) in [6.07, 6.45) is 0.738. The molecule has 2 aromatic rings. The minimum atomic E-state index is -1.04. The largest absolute Gasteiger partial charge is 0.293 e. The number of ketones is 2. The number of fused-ring (bicyclic) bond motifs is 2. The second kappa shape index (κ2) is 3.88. The van der Waals surface area contributed by atoms with Crippen molar-refractivity contribution in [2.75, 3.05) is 0 Å². The topological polar surface area (TPSA) is 34.1 Å². The third-order valence-corrected chi connectivity index (χ3v) is 4.68. The normalized spacial score (nSPS) is 22.8. The molecule has 1 spiro atoms. The van der Waals surface area contributed by atoms with Gasteiger partial charge >= 0.3 is 0 Å². The Kier molecular flexibility index (Phi) is 2.30. The molecule has 3 heteroatoms. The molecule has 2 nitrogen and oxygen atoms in total. The molecule has 0 aromatic heterocycles. The van der Waals surface area contributed by atoms with Gasteiger partial charge in [-0.15, -0.1) is 0 Å². The van der Waals surface area contributed by atoms with Crippen LogP contribution in [0.3, 0.4) is 0 Å². The molecule has 0 fully saturated rings. The van der Waals surface area contributed by atoms with Crippen LogP contribution in [-0.2, 0) is 12.8 Å². The van der Waals surface area contributed by atoms with Gasteiger partial charge in [0.15, 0.2) is 11.6 Å². The second-order valence-electron chi connectivity index (χ2n) is 6.06. The highest BCUT2D eigenvalue weighted by Crippen LogP contribution is 2.47. The minimum Gasteiger partial charge on any atom is -0.293 e. The Morgan fingerprint density at radius 2 is 1.62 bits per heavy atom. The fraction of sp³-hybridized carbons (Fsp3) is 0.222. The van der Waals surface area contributed by atoms with E-state index in [9.17, 15) is 14.0 Å². The van der Waals surface area contributed by atoms with E-state index in [0.29, 0.717) is 29.5 Å². The van der Waals surface area contributed by atoms with Crippen LogP contribution in [0.15, 0.2) is 36.4 Å². The molecule has 2 aliphatic carbocycles. The first-order valence-electron chi connectivity index (χ1n) is 6.99. The molecular formula is C18H13FO2. The highest BCUT2D eigenvalue weighted by atomic mass is 19.1. The summed E-state index contributed by atoms with van der Waals surface area (Å²) in [5.74, 6) is -0.628. The lowest BCUT2D eigenvalue weighted by Crippen LogP contribution is -2.34. The van der Waals surface area contributed by atoms with E-state index in [1.165, 1.54) is 18.2 Å². The number of hydrogen-bond donors (Lipinski definition) is 0. The summed E-state index contributed by atoms with van der Waals surface area (Å²) in [5.41, 5.74) is 2.69. The number of carbonyl (C=O) groups is 2.